The van der Waals surface area contributed by atoms with E-state index in [1.165, 1.54) is 0 Å². The molecular formula is C15H13NO. The Hall–Kier alpha value is -2.27. The fraction of sp³-hybridized carbons (Fsp3) is 0.133. The highest BCUT2D eigenvalue weighted by molar-refractivity contribution is 5.72. The molecule has 0 saturated carbocycles. The normalized spacial score (nSPS) is 9.71. The summed E-state index contributed by atoms with van der Waals surface area (Å²) < 4.78 is 5.21. The lowest BCUT2D eigenvalue weighted by atomic mass is 10.00. The van der Waals surface area contributed by atoms with Gasteiger partial charge in [-0.15, -0.1) is 0 Å². The van der Waals surface area contributed by atoms with E-state index in [0.29, 0.717) is 5.69 Å². The minimum atomic E-state index is 0.661. The van der Waals surface area contributed by atoms with Crippen LogP contribution in [0.4, 0.5) is 5.69 Å². The van der Waals surface area contributed by atoms with E-state index >= 15 is 0 Å². The first kappa shape index (κ1) is 11.2. The van der Waals surface area contributed by atoms with Gasteiger partial charge < -0.3 is 4.74 Å². The van der Waals surface area contributed by atoms with Gasteiger partial charge in [-0.25, -0.2) is 4.85 Å². The summed E-state index contributed by atoms with van der Waals surface area (Å²) in [6.07, 6.45) is 0. The topological polar surface area (TPSA) is 13.6 Å². The molecule has 2 aromatic rings. The van der Waals surface area contributed by atoms with Crippen molar-refractivity contribution in [2.24, 2.45) is 0 Å². The van der Waals surface area contributed by atoms with Gasteiger partial charge in [-0.3, -0.25) is 0 Å². The minimum absolute atomic E-state index is 0.661. The number of hydrogen-bond donors (Lipinski definition) is 0. The van der Waals surface area contributed by atoms with Crippen molar-refractivity contribution in [3.63, 3.8) is 0 Å². The first-order valence-corrected chi connectivity index (χ1v) is 5.37. The SMILES string of the molecule is [C-]#[N+]c1ccc(C)c(-c2cccc(OC)c2)c1. The first-order chi connectivity index (χ1) is 8.24. The fourth-order valence-corrected chi connectivity index (χ4v) is 1.78. The van der Waals surface area contributed by atoms with Crippen molar-refractivity contribution in [2.45, 2.75) is 6.92 Å². The highest BCUT2D eigenvalue weighted by Crippen LogP contribution is 2.29. The lowest BCUT2D eigenvalue weighted by Crippen LogP contribution is -1.86. The van der Waals surface area contributed by atoms with E-state index in [9.17, 15) is 0 Å². The summed E-state index contributed by atoms with van der Waals surface area (Å²) in [6, 6.07) is 13.6. The third kappa shape index (κ3) is 2.29. The molecule has 0 spiro atoms. The molecule has 0 aliphatic heterocycles. The maximum Gasteiger partial charge on any atom is 0.187 e. The molecule has 0 atom stereocenters. The van der Waals surface area contributed by atoms with Crippen LogP contribution in [-0.2, 0) is 0 Å². The highest BCUT2D eigenvalue weighted by atomic mass is 16.5. The largest absolute Gasteiger partial charge is 0.497 e. The van der Waals surface area contributed by atoms with Crippen molar-refractivity contribution in [3.05, 3.63) is 59.4 Å². The summed E-state index contributed by atoms with van der Waals surface area (Å²) in [4.78, 5) is 3.46. The van der Waals surface area contributed by atoms with Crippen LogP contribution in [0.1, 0.15) is 5.56 Å². The van der Waals surface area contributed by atoms with Gasteiger partial charge in [0.1, 0.15) is 5.75 Å². The Kier molecular flexibility index (Phi) is 3.11. The maximum atomic E-state index is 7.05. The van der Waals surface area contributed by atoms with Gasteiger partial charge in [-0.2, -0.15) is 0 Å². The Balaban J connectivity index is 2.55. The maximum absolute atomic E-state index is 7.05. The molecule has 0 unspecified atom stereocenters. The molecule has 0 radical (unpaired) electrons. The van der Waals surface area contributed by atoms with Crippen molar-refractivity contribution >= 4 is 5.69 Å². The Morgan fingerprint density at radius 2 is 1.94 bits per heavy atom. The van der Waals surface area contributed by atoms with E-state index in [2.05, 4.69) is 4.85 Å². The average Bonchev–Trinajstić information content (AvgIpc) is 2.39. The summed E-state index contributed by atoms with van der Waals surface area (Å²) in [5.41, 5.74) is 3.98. The fourth-order valence-electron chi connectivity index (χ4n) is 1.78. The van der Waals surface area contributed by atoms with Crippen LogP contribution in [0.15, 0.2) is 42.5 Å². The van der Waals surface area contributed by atoms with Gasteiger partial charge in [-0.05, 0) is 41.8 Å². The number of methoxy groups -OCH3 is 1. The molecule has 0 saturated heterocycles. The van der Waals surface area contributed by atoms with Crippen LogP contribution in [0, 0.1) is 13.5 Å². The highest BCUT2D eigenvalue weighted by Gasteiger charge is 2.04. The van der Waals surface area contributed by atoms with E-state index in [1.54, 1.807) is 7.11 Å². The average molecular weight is 223 g/mol. The van der Waals surface area contributed by atoms with Gasteiger partial charge in [0, 0.05) is 0 Å². The van der Waals surface area contributed by atoms with E-state index in [0.717, 1.165) is 22.4 Å². The predicted molar refractivity (Wildman–Crippen MR) is 69.4 cm³/mol. The lowest BCUT2D eigenvalue weighted by Gasteiger charge is -2.08. The standard InChI is InChI=1S/C15H13NO/c1-11-7-8-13(16-2)10-15(11)12-5-4-6-14(9-12)17-3/h4-10H,1,3H3. The van der Waals surface area contributed by atoms with Crippen LogP contribution in [0.3, 0.4) is 0 Å². The molecule has 2 aromatic carbocycles. The predicted octanol–water partition coefficient (Wildman–Crippen LogP) is 4.22. The van der Waals surface area contributed by atoms with Crippen LogP contribution >= 0.6 is 0 Å². The second-order valence-electron chi connectivity index (χ2n) is 3.84. The molecule has 2 heteroatoms. The van der Waals surface area contributed by atoms with Crippen molar-refractivity contribution in [2.75, 3.05) is 7.11 Å². The molecule has 0 fully saturated rings. The molecule has 2 rings (SSSR count). The molecular weight excluding hydrogens is 210 g/mol. The third-order valence-corrected chi connectivity index (χ3v) is 2.73. The van der Waals surface area contributed by atoms with Crippen molar-refractivity contribution in [1.29, 1.82) is 0 Å². The van der Waals surface area contributed by atoms with Crippen LogP contribution in [0.2, 0.25) is 0 Å². The van der Waals surface area contributed by atoms with Gasteiger partial charge >= 0.3 is 0 Å². The molecule has 2 nitrogen and oxygen atoms in total. The van der Waals surface area contributed by atoms with Gasteiger partial charge in [0.05, 0.1) is 13.7 Å². The van der Waals surface area contributed by atoms with Gasteiger partial charge in [0.25, 0.3) is 0 Å². The first-order valence-electron chi connectivity index (χ1n) is 5.37. The molecule has 84 valence electrons. The van der Waals surface area contributed by atoms with E-state index < -0.39 is 0 Å². The summed E-state index contributed by atoms with van der Waals surface area (Å²) in [5, 5.41) is 0. The smallest absolute Gasteiger partial charge is 0.187 e. The minimum Gasteiger partial charge on any atom is -0.497 e. The lowest BCUT2D eigenvalue weighted by molar-refractivity contribution is 0.415. The van der Waals surface area contributed by atoms with Crippen LogP contribution in [0.25, 0.3) is 16.0 Å². The second-order valence-corrected chi connectivity index (χ2v) is 3.84. The number of rotatable bonds is 2. The number of hydrogen-bond acceptors (Lipinski definition) is 1. The second kappa shape index (κ2) is 4.71. The van der Waals surface area contributed by atoms with Crippen molar-refractivity contribution in [3.8, 4) is 16.9 Å². The Morgan fingerprint density at radius 1 is 1.12 bits per heavy atom. The molecule has 17 heavy (non-hydrogen) atoms. The van der Waals surface area contributed by atoms with Crippen molar-refractivity contribution in [1.82, 2.24) is 0 Å². The number of benzene rings is 2. The molecule has 0 bridgehead atoms. The molecule has 0 heterocycles. The van der Waals surface area contributed by atoms with Crippen molar-refractivity contribution < 1.29 is 4.74 Å². The van der Waals surface area contributed by atoms with Crippen LogP contribution in [0.5, 0.6) is 5.75 Å². The molecule has 0 N–H and O–H groups in total. The molecule has 0 aromatic heterocycles. The van der Waals surface area contributed by atoms with E-state index in [4.69, 9.17) is 11.3 Å². The Labute approximate surface area is 101 Å². The van der Waals surface area contributed by atoms with Crippen LogP contribution in [-0.4, -0.2) is 7.11 Å². The number of ether oxygens (including phenoxy) is 1. The zero-order valence-corrected chi connectivity index (χ0v) is 9.90. The quantitative estimate of drug-likeness (QED) is 0.695. The van der Waals surface area contributed by atoms with Gasteiger partial charge in [0.15, 0.2) is 5.69 Å². The van der Waals surface area contributed by atoms with Gasteiger partial charge in [0.2, 0.25) is 0 Å². The molecule has 0 amide bonds. The zero-order valence-electron chi connectivity index (χ0n) is 9.90. The van der Waals surface area contributed by atoms with E-state index in [-0.39, 0.29) is 0 Å². The summed E-state index contributed by atoms with van der Waals surface area (Å²) in [6.45, 7) is 9.10. The third-order valence-electron chi connectivity index (χ3n) is 2.73. The zero-order chi connectivity index (χ0) is 12.3. The number of aryl methyl sites for hydroxylation is 1. The summed E-state index contributed by atoms with van der Waals surface area (Å²) in [5.74, 6) is 0.829. The Morgan fingerprint density at radius 3 is 2.65 bits per heavy atom. The van der Waals surface area contributed by atoms with Gasteiger partial charge in [-0.1, -0.05) is 24.3 Å². The summed E-state index contributed by atoms with van der Waals surface area (Å²) >= 11 is 0. The molecule has 0 aliphatic rings. The molecule has 0 aliphatic carbocycles. The van der Waals surface area contributed by atoms with E-state index in [1.807, 2.05) is 49.4 Å². The summed E-state index contributed by atoms with van der Waals surface area (Å²) in [7, 11) is 1.65. The monoisotopic (exact) mass is 223 g/mol. The van der Waals surface area contributed by atoms with Crippen LogP contribution < -0.4 is 4.74 Å². The number of nitrogens with zero attached hydrogens (tertiary/aromatic N) is 1. The Bertz CT molecular complexity index is 582.